The molecule has 2 aromatic rings. The van der Waals surface area contributed by atoms with E-state index in [0.717, 1.165) is 31.5 Å². The van der Waals surface area contributed by atoms with Crippen molar-refractivity contribution in [1.82, 2.24) is 9.88 Å². The van der Waals surface area contributed by atoms with E-state index in [4.69, 9.17) is 4.74 Å². The summed E-state index contributed by atoms with van der Waals surface area (Å²) in [7, 11) is 0. The third-order valence-electron chi connectivity index (χ3n) is 4.38. The SMILES string of the molecule is CCCN(CCC)Cc1c(O)ccc2c1OC(=Cc1ccncc1)C2=O. The first-order chi connectivity index (χ1) is 12.6. The average molecular weight is 352 g/mol. The Morgan fingerprint density at radius 3 is 2.46 bits per heavy atom. The summed E-state index contributed by atoms with van der Waals surface area (Å²) in [6.07, 6.45) is 7.11. The molecule has 1 N–H and O–H groups in total. The Kier molecular flexibility index (Phi) is 5.68. The number of phenolic OH excluding ortho intramolecular Hbond substituents is 1. The monoisotopic (exact) mass is 352 g/mol. The highest BCUT2D eigenvalue weighted by atomic mass is 16.5. The summed E-state index contributed by atoms with van der Waals surface area (Å²) in [5.74, 6) is 0.762. The van der Waals surface area contributed by atoms with E-state index in [9.17, 15) is 9.90 Å². The van der Waals surface area contributed by atoms with Gasteiger partial charge < -0.3 is 9.84 Å². The van der Waals surface area contributed by atoms with Gasteiger partial charge in [0, 0.05) is 18.9 Å². The molecule has 2 heterocycles. The lowest BCUT2D eigenvalue weighted by atomic mass is 10.0. The summed E-state index contributed by atoms with van der Waals surface area (Å²) in [5, 5.41) is 10.4. The third-order valence-corrected chi connectivity index (χ3v) is 4.38. The molecule has 0 saturated carbocycles. The van der Waals surface area contributed by atoms with E-state index in [-0.39, 0.29) is 17.3 Å². The fourth-order valence-electron chi connectivity index (χ4n) is 3.19. The molecule has 26 heavy (non-hydrogen) atoms. The highest BCUT2D eigenvalue weighted by molar-refractivity contribution is 6.14. The molecule has 0 bridgehead atoms. The molecule has 0 amide bonds. The summed E-state index contributed by atoms with van der Waals surface area (Å²) in [6, 6.07) is 6.85. The molecule has 0 aliphatic carbocycles. The number of ketones is 1. The van der Waals surface area contributed by atoms with E-state index in [1.54, 1.807) is 30.6 Å². The van der Waals surface area contributed by atoms with Crippen molar-refractivity contribution in [3.8, 4) is 11.5 Å². The Bertz CT molecular complexity index is 810. The molecule has 3 rings (SSSR count). The average Bonchev–Trinajstić information content (AvgIpc) is 2.95. The first-order valence-corrected chi connectivity index (χ1v) is 9.05. The van der Waals surface area contributed by atoms with Crippen LogP contribution < -0.4 is 4.74 Å². The number of hydrogen-bond acceptors (Lipinski definition) is 5. The molecule has 5 nitrogen and oxygen atoms in total. The lowest BCUT2D eigenvalue weighted by Crippen LogP contribution is -2.25. The standard InChI is InChI=1S/C21H24N2O3/c1-3-11-23(12-4-2)14-17-18(24)6-5-16-20(25)19(26-21(16)17)13-15-7-9-22-10-8-15/h5-10,13,24H,3-4,11-12,14H2,1-2H3. The molecule has 1 aromatic carbocycles. The van der Waals surface area contributed by atoms with Crippen LogP contribution in [-0.4, -0.2) is 33.9 Å². The summed E-state index contributed by atoms with van der Waals surface area (Å²) in [6.45, 7) is 6.70. The first kappa shape index (κ1) is 18.1. The molecule has 0 atom stereocenters. The summed E-state index contributed by atoms with van der Waals surface area (Å²) in [5.41, 5.74) is 2.03. The number of benzene rings is 1. The smallest absolute Gasteiger partial charge is 0.231 e. The lowest BCUT2D eigenvalue weighted by Gasteiger charge is -2.22. The van der Waals surface area contributed by atoms with Crippen molar-refractivity contribution in [2.24, 2.45) is 0 Å². The van der Waals surface area contributed by atoms with Gasteiger partial charge in [-0.1, -0.05) is 13.8 Å². The van der Waals surface area contributed by atoms with Crippen LogP contribution in [0.25, 0.3) is 6.08 Å². The molecule has 0 spiro atoms. The van der Waals surface area contributed by atoms with Gasteiger partial charge >= 0.3 is 0 Å². The van der Waals surface area contributed by atoms with Crippen LogP contribution in [0.2, 0.25) is 0 Å². The Morgan fingerprint density at radius 2 is 1.81 bits per heavy atom. The minimum atomic E-state index is -0.157. The Hall–Kier alpha value is -2.66. The quantitative estimate of drug-likeness (QED) is 0.763. The van der Waals surface area contributed by atoms with Gasteiger partial charge in [-0.2, -0.15) is 0 Å². The van der Waals surface area contributed by atoms with Gasteiger partial charge in [0.1, 0.15) is 11.5 Å². The highest BCUT2D eigenvalue weighted by Crippen LogP contribution is 2.40. The molecule has 0 radical (unpaired) electrons. The van der Waals surface area contributed by atoms with Crippen molar-refractivity contribution in [3.05, 3.63) is 59.1 Å². The van der Waals surface area contributed by atoms with E-state index < -0.39 is 0 Å². The van der Waals surface area contributed by atoms with Crippen LogP contribution in [0.15, 0.2) is 42.4 Å². The Labute approximate surface area is 153 Å². The van der Waals surface area contributed by atoms with Gasteiger partial charge in [0.15, 0.2) is 5.76 Å². The second-order valence-electron chi connectivity index (χ2n) is 6.44. The maximum atomic E-state index is 12.7. The number of carbonyl (C=O) groups is 1. The molecule has 5 heteroatoms. The molecule has 1 aromatic heterocycles. The van der Waals surface area contributed by atoms with Crippen molar-refractivity contribution in [2.45, 2.75) is 33.2 Å². The normalized spacial score (nSPS) is 14.7. The van der Waals surface area contributed by atoms with E-state index >= 15 is 0 Å². The first-order valence-electron chi connectivity index (χ1n) is 9.05. The number of aromatic hydroxyl groups is 1. The van der Waals surface area contributed by atoms with Crippen LogP contribution in [0, 0.1) is 0 Å². The van der Waals surface area contributed by atoms with Gasteiger partial charge in [-0.3, -0.25) is 14.7 Å². The van der Waals surface area contributed by atoms with Crippen LogP contribution in [0.3, 0.4) is 0 Å². The minimum absolute atomic E-state index is 0.157. The molecular formula is C21H24N2O3. The maximum Gasteiger partial charge on any atom is 0.231 e. The number of allylic oxidation sites excluding steroid dienone is 1. The Balaban J connectivity index is 1.93. The predicted molar refractivity (Wildman–Crippen MR) is 101 cm³/mol. The van der Waals surface area contributed by atoms with Crippen molar-refractivity contribution in [2.75, 3.05) is 13.1 Å². The van der Waals surface area contributed by atoms with Crippen LogP contribution in [-0.2, 0) is 6.54 Å². The number of nitrogens with zero attached hydrogens (tertiary/aromatic N) is 2. The summed E-state index contributed by atoms with van der Waals surface area (Å²) < 4.78 is 5.90. The van der Waals surface area contributed by atoms with Crippen molar-refractivity contribution < 1.29 is 14.6 Å². The summed E-state index contributed by atoms with van der Waals surface area (Å²) >= 11 is 0. The minimum Gasteiger partial charge on any atom is -0.507 e. The molecule has 136 valence electrons. The number of fused-ring (bicyclic) bond motifs is 1. The van der Waals surface area contributed by atoms with Crippen molar-refractivity contribution in [1.29, 1.82) is 0 Å². The number of phenols is 1. The lowest BCUT2D eigenvalue weighted by molar-refractivity contribution is 0.101. The second-order valence-corrected chi connectivity index (χ2v) is 6.44. The fraction of sp³-hybridized carbons (Fsp3) is 0.333. The highest BCUT2D eigenvalue weighted by Gasteiger charge is 2.31. The largest absolute Gasteiger partial charge is 0.507 e. The van der Waals surface area contributed by atoms with Gasteiger partial charge in [-0.25, -0.2) is 0 Å². The van der Waals surface area contributed by atoms with E-state index in [1.807, 2.05) is 12.1 Å². The van der Waals surface area contributed by atoms with E-state index in [1.165, 1.54) is 0 Å². The molecule has 0 unspecified atom stereocenters. The third kappa shape index (κ3) is 3.78. The molecular weight excluding hydrogens is 328 g/mol. The van der Waals surface area contributed by atoms with Gasteiger partial charge in [0.25, 0.3) is 0 Å². The number of rotatable bonds is 7. The van der Waals surface area contributed by atoms with Gasteiger partial charge in [-0.05, 0) is 61.8 Å². The maximum absolute atomic E-state index is 12.7. The number of aromatic nitrogens is 1. The molecule has 1 aliphatic heterocycles. The van der Waals surface area contributed by atoms with Crippen LogP contribution in [0.4, 0.5) is 0 Å². The topological polar surface area (TPSA) is 62.7 Å². The molecule has 1 aliphatic rings. The van der Waals surface area contributed by atoms with Crippen LogP contribution >= 0.6 is 0 Å². The zero-order valence-corrected chi connectivity index (χ0v) is 15.2. The molecule has 0 fully saturated rings. The molecule has 0 saturated heterocycles. The second kappa shape index (κ2) is 8.15. The zero-order chi connectivity index (χ0) is 18.5. The van der Waals surface area contributed by atoms with Gasteiger partial charge in [0.2, 0.25) is 5.78 Å². The fourth-order valence-corrected chi connectivity index (χ4v) is 3.19. The van der Waals surface area contributed by atoms with Crippen molar-refractivity contribution in [3.63, 3.8) is 0 Å². The predicted octanol–water partition coefficient (Wildman–Crippen LogP) is 4.03. The van der Waals surface area contributed by atoms with E-state index in [2.05, 4.69) is 23.7 Å². The number of carbonyl (C=O) groups excluding carboxylic acids is 1. The number of Topliss-reactive ketones (excluding diaryl/α,β-unsaturated/α-hetero) is 1. The zero-order valence-electron chi connectivity index (χ0n) is 15.2. The van der Waals surface area contributed by atoms with E-state index in [0.29, 0.717) is 23.4 Å². The number of ether oxygens (including phenoxy) is 1. The Morgan fingerprint density at radius 1 is 1.12 bits per heavy atom. The van der Waals surface area contributed by atoms with Crippen LogP contribution in [0.5, 0.6) is 11.5 Å². The summed E-state index contributed by atoms with van der Waals surface area (Å²) in [4.78, 5) is 18.9. The number of hydrogen-bond donors (Lipinski definition) is 1. The van der Waals surface area contributed by atoms with Crippen molar-refractivity contribution >= 4 is 11.9 Å². The van der Waals surface area contributed by atoms with Crippen LogP contribution in [0.1, 0.15) is 48.2 Å². The van der Waals surface area contributed by atoms with Gasteiger partial charge in [-0.15, -0.1) is 0 Å². The van der Waals surface area contributed by atoms with Gasteiger partial charge in [0.05, 0.1) is 11.1 Å². The number of pyridine rings is 1.